The fourth-order valence-electron chi connectivity index (χ4n) is 3.32. The Morgan fingerprint density at radius 2 is 2.07 bits per heavy atom. The highest BCUT2D eigenvalue weighted by atomic mass is 16.1. The maximum atomic E-state index is 11.8. The molecule has 1 unspecified atom stereocenters. The normalized spacial score (nSPS) is 16.0. The molecule has 1 saturated carbocycles. The van der Waals surface area contributed by atoms with Gasteiger partial charge in [0, 0.05) is 44.3 Å². The van der Waals surface area contributed by atoms with Crippen molar-refractivity contribution in [2.45, 2.75) is 65.8 Å². The number of carbonyl (C=O) groups is 1. The van der Waals surface area contributed by atoms with Crippen LogP contribution in [0.4, 0.5) is 0 Å². The number of nitrogens with zero attached hydrogens (tertiary/aromatic N) is 3. The molecule has 0 saturated heterocycles. The van der Waals surface area contributed by atoms with Crippen LogP contribution in [0.3, 0.4) is 0 Å². The van der Waals surface area contributed by atoms with E-state index in [1.807, 2.05) is 11.7 Å². The minimum Gasteiger partial charge on any atom is -0.357 e. The van der Waals surface area contributed by atoms with Crippen LogP contribution in [0.25, 0.3) is 0 Å². The first-order valence-electron chi connectivity index (χ1n) is 10.2. The maximum absolute atomic E-state index is 11.8. The number of carbonyl (C=O) groups excluding carboxylic acids is 1. The van der Waals surface area contributed by atoms with Crippen LogP contribution in [0.15, 0.2) is 4.99 Å². The largest absolute Gasteiger partial charge is 0.357 e. The average molecular weight is 377 g/mol. The van der Waals surface area contributed by atoms with E-state index in [4.69, 9.17) is 0 Å². The lowest BCUT2D eigenvalue weighted by Crippen LogP contribution is -2.43. The third-order valence-corrected chi connectivity index (χ3v) is 5.28. The Bertz CT molecular complexity index is 647. The number of rotatable bonds is 9. The third kappa shape index (κ3) is 6.26. The first-order valence-corrected chi connectivity index (χ1v) is 10.2. The van der Waals surface area contributed by atoms with Crippen LogP contribution in [-0.4, -0.2) is 47.3 Å². The van der Waals surface area contributed by atoms with Crippen molar-refractivity contribution < 1.29 is 4.79 Å². The Morgan fingerprint density at radius 3 is 2.63 bits per heavy atom. The molecule has 2 rings (SSSR count). The molecule has 1 aliphatic rings. The standard InChI is InChI=1S/C20H36N6O/c1-6-21-20(23-12-8-11-22-19(27)17-9-7-10-17)24-14(2)13-18-15(3)25-26(5)16(18)4/h14,17H,6-13H2,1-5H3,(H,22,27)(H2,21,23,24). The van der Waals surface area contributed by atoms with Crippen LogP contribution in [0, 0.1) is 19.8 Å². The first-order chi connectivity index (χ1) is 12.9. The highest BCUT2D eigenvalue weighted by Gasteiger charge is 2.24. The molecule has 0 aliphatic heterocycles. The summed E-state index contributed by atoms with van der Waals surface area (Å²) in [6, 6.07) is 0.253. The van der Waals surface area contributed by atoms with E-state index in [9.17, 15) is 4.79 Å². The van der Waals surface area contributed by atoms with Gasteiger partial charge in [0.15, 0.2) is 5.96 Å². The van der Waals surface area contributed by atoms with Crippen molar-refractivity contribution in [3.05, 3.63) is 17.0 Å². The molecule has 1 fully saturated rings. The topological polar surface area (TPSA) is 83.3 Å². The van der Waals surface area contributed by atoms with Gasteiger partial charge in [-0.3, -0.25) is 14.5 Å². The molecule has 7 heteroatoms. The molecule has 1 aromatic heterocycles. The van der Waals surface area contributed by atoms with E-state index >= 15 is 0 Å². The van der Waals surface area contributed by atoms with E-state index in [0.717, 1.165) is 43.9 Å². The Kier molecular flexibility index (Phi) is 8.13. The van der Waals surface area contributed by atoms with Gasteiger partial charge in [-0.05, 0) is 58.9 Å². The van der Waals surface area contributed by atoms with Crippen molar-refractivity contribution in [3.8, 4) is 0 Å². The molecule has 1 amide bonds. The number of nitrogens with one attached hydrogen (secondary N) is 3. The molecular weight excluding hydrogens is 340 g/mol. The zero-order chi connectivity index (χ0) is 19.8. The zero-order valence-electron chi connectivity index (χ0n) is 17.6. The van der Waals surface area contributed by atoms with Crippen LogP contribution < -0.4 is 16.0 Å². The van der Waals surface area contributed by atoms with Crippen LogP contribution >= 0.6 is 0 Å². The molecule has 3 N–H and O–H groups in total. The monoisotopic (exact) mass is 376 g/mol. The number of aryl methyl sites for hydroxylation is 2. The molecule has 1 aromatic rings. The summed E-state index contributed by atoms with van der Waals surface area (Å²) in [5.74, 6) is 1.30. The smallest absolute Gasteiger partial charge is 0.223 e. The predicted molar refractivity (Wildman–Crippen MR) is 110 cm³/mol. The minimum atomic E-state index is 0.214. The number of hydrogen-bond acceptors (Lipinski definition) is 3. The molecule has 1 aliphatic carbocycles. The van der Waals surface area contributed by atoms with Gasteiger partial charge in [-0.15, -0.1) is 0 Å². The number of aromatic nitrogens is 2. The molecule has 152 valence electrons. The van der Waals surface area contributed by atoms with Crippen molar-refractivity contribution in [1.82, 2.24) is 25.7 Å². The fourth-order valence-corrected chi connectivity index (χ4v) is 3.32. The van der Waals surface area contributed by atoms with Crippen molar-refractivity contribution in [2.75, 3.05) is 19.6 Å². The molecule has 0 bridgehead atoms. The lowest BCUT2D eigenvalue weighted by atomic mass is 9.85. The SMILES string of the molecule is CCNC(=NCCCNC(=O)C1CCC1)NC(C)Cc1c(C)nn(C)c1C. The van der Waals surface area contributed by atoms with E-state index < -0.39 is 0 Å². The summed E-state index contributed by atoms with van der Waals surface area (Å²) in [5.41, 5.74) is 3.60. The molecule has 1 atom stereocenters. The van der Waals surface area contributed by atoms with Gasteiger partial charge in [0.25, 0.3) is 0 Å². The van der Waals surface area contributed by atoms with Crippen LogP contribution in [0.5, 0.6) is 0 Å². The Morgan fingerprint density at radius 1 is 1.33 bits per heavy atom. The van der Waals surface area contributed by atoms with Crippen LogP contribution in [0.2, 0.25) is 0 Å². The molecular formula is C20H36N6O. The van der Waals surface area contributed by atoms with Gasteiger partial charge in [0.2, 0.25) is 5.91 Å². The molecule has 0 aromatic carbocycles. The average Bonchev–Trinajstić information content (AvgIpc) is 2.79. The summed E-state index contributed by atoms with van der Waals surface area (Å²) in [4.78, 5) is 16.5. The van der Waals surface area contributed by atoms with E-state index in [0.29, 0.717) is 13.1 Å². The first kappa shape index (κ1) is 21.3. The molecule has 0 radical (unpaired) electrons. The van der Waals surface area contributed by atoms with Crippen molar-refractivity contribution in [1.29, 1.82) is 0 Å². The maximum Gasteiger partial charge on any atom is 0.223 e. The highest BCUT2D eigenvalue weighted by molar-refractivity contribution is 5.80. The number of guanidine groups is 1. The van der Waals surface area contributed by atoms with Gasteiger partial charge in [-0.2, -0.15) is 5.10 Å². The Hall–Kier alpha value is -2.05. The number of amides is 1. The lowest BCUT2D eigenvalue weighted by molar-refractivity contribution is -0.127. The molecule has 27 heavy (non-hydrogen) atoms. The van der Waals surface area contributed by atoms with Gasteiger partial charge >= 0.3 is 0 Å². The summed E-state index contributed by atoms with van der Waals surface area (Å²) in [5, 5.41) is 14.3. The molecule has 0 spiro atoms. The molecule has 7 nitrogen and oxygen atoms in total. The van der Waals surface area contributed by atoms with Gasteiger partial charge < -0.3 is 16.0 Å². The van der Waals surface area contributed by atoms with Crippen molar-refractivity contribution >= 4 is 11.9 Å². The van der Waals surface area contributed by atoms with Crippen molar-refractivity contribution in [3.63, 3.8) is 0 Å². The van der Waals surface area contributed by atoms with Crippen molar-refractivity contribution in [2.24, 2.45) is 18.0 Å². The van der Waals surface area contributed by atoms with E-state index in [1.54, 1.807) is 0 Å². The second-order valence-electron chi connectivity index (χ2n) is 7.56. The van der Waals surface area contributed by atoms with E-state index in [-0.39, 0.29) is 17.9 Å². The van der Waals surface area contributed by atoms with Gasteiger partial charge in [0.05, 0.1) is 5.69 Å². The lowest BCUT2D eigenvalue weighted by Gasteiger charge is -2.23. The summed E-state index contributed by atoms with van der Waals surface area (Å²) >= 11 is 0. The second kappa shape index (κ2) is 10.3. The zero-order valence-corrected chi connectivity index (χ0v) is 17.6. The molecule has 1 heterocycles. The fraction of sp³-hybridized carbons (Fsp3) is 0.750. The van der Waals surface area contributed by atoms with Gasteiger partial charge in [0.1, 0.15) is 0 Å². The quantitative estimate of drug-likeness (QED) is 0.349. The number of aliphatic imine (C=N–C) groups is 1. The van der Waals surface area contributed by atoms with Crippen LogP contribution in [0.1, 0.15) is 56.5 Å². The van der Waals surface area contributed by atoms with Gasteiger partial charge in [-0.25, -0.2) is 0 Å². The summed E-state index contributed by atoms with van der Waals surface area (Å²) < 4.78 is 1.94. The summed E-state index contributed by atoms with van der Waals surface area (Å²) in [6.45, 7) is 10.6. The number of hydrogen-bond donors (Lipinski definition) is 3. The van der Waals surface area contributed by atoms with E-state index in [2.05, 4.69) is 53.7 Å². The minimum absolute atomic E-state index is 0.214. The van der Waals surface area contributed by atoms with E-state index in [1.165, 1.54) is 17.7 Å². The van der Waals surface area contributed by atoms with Crippen LogP contribution in [-0.2, 0) is 18.3 Å². The Balaban J connectivity index is 1.77. The summed E-state index contributed by atoms with van der Waals surface area (Å²) in [7, 11) is 1.99. The van der Waals surface area contributed by atoms with Gasteiger partial charge in [-0.1, -0.05) is 6.42 Å². The summed E-state index contributed by atoms with van der Waals surface area (Å²) in [6.07, 6.45) is 5.05. The Labute approximate surface area is 163 Å². The second-order valence-corrected chi connectivity index (χ2v) is 7.56. The highest BCUT2D eigenvalue weighted by Crippen LogP contribution is 2.26. The third-order valence-electron chi connectivity index (χ3n) is 5.28. The predicted octanol–water partition coefficient (Wildman–Crippen LogP) is 1.83.